The Balaban J connectivity index is 4.56. The van der Waals surface area contributed by atoms with Crippen molar-refractivity contribution >= 4 is 0 Å². The zero-order valence-corrected chi connectivity index (χ0v) is 15.2. The molecule has 0 aliphatic rings. The molecule has 0 aliphatic carbocycles. The first-order valence-corrected chi connectivity index (χ1v) is 8.88. The van der Waals surface area contributed by atoms with E-state index in [1.54, 1.807) is 0 Å². The van der Waals surface area contributed by atoms with Gasteiger partial charge in [0.1, 0.15) is 5.54 Å². The fourth-order valence-corrected chi connectivity index (χ4v) is 3.18. The summed E-state index contributed by atoms with van der Waals surface area (Å²) in [5.74, 6) is 0.700. The predicted octanol–water partition coefficient (Wildman–Crippen LogP) is 4.20. The van der Waals surface area contributed by atoms with Crippen LogP contribution in [0.4, 0.5) is 0 Å². The van der Waals surface area contributed by atoms with Gasteiger partial charge in [0.15, 0.2) is 0 Å². The van der Waals surface area contributed by atoms with Gasteiger partial charge in [-0.25, -0.2) is 0 Å². The van der Waals surface area contributed by atoms with Crippen molar-refractivity contribution < 1.29 is 0 Å². The maximum Gasteiger partial charge on any atom is 0.106 e. The first kappa shape index (κ1) is 20.4. The third-order valence-corrected chi connectivity index (χ3v) is 4.44. The third kappa shape index (κ3) is 7.29. The van der Waals surface area contributed by atoms with Crippen molar-refractivity contribution in [1.29, 1.82) is 5.26 Å². The van der Waals surface area contributed by atoms with E-state index in [9.17, 15) is 5.26 Å². The second kappa shape index (κ2) is 11.0. The van der Waals surface area contributed by atoms with Crippen molar-refractivity contribution in [2.24, 2.45) is 5.92 Å². The maximum absolute atomic E-state index is 9.49. The summed E-state index contributed by atoms with van der Waals surface area (Å²) in [4.78, 5) is 2.63. The molecule has 0 saturated heterocycles. The number of nitriles is 1. The fourth-order valence-electron chi connectivity index (χ4n) is 3.18. The Bertz CT molecular complexity index is 291. The van der Waals surface area contributed by atoms with Gasteiger partial charge in [0.2, 0.25) is 0 Å². The SMILES string of the molecule is CCNC(C#N)(CC)CCCN(CC(C)C)C(CC)CC. The summed E-state index contributed by atoms with van der Waals surface area (Å²) in [6.07, 6.45) is 5.36. The van der Waals surface area contributed by atoms with Crippen LogP contribution in [0.25, 0.3) is 0 Å². The second-order valence-corrected chi connectivity index (χ2v) is 6.54. The van der Waals surface area contributed by atoms with Crippen LogP contribution in [0.5, 0.6) is 0 Å². The molecule has 1 unspecified atom stereocenters. The molecule has 0 saturated carbocycles. The molecule has 0 rings (SSSR count). The average molecular weight is 296 g/mol. The van der Waals surface area contributed by atoms with Crippen molar-refractivity contribution in [3.05, 3.63) is 0 Å². The molecule has 3 nitrogen and oxygen atoms in total. The van der Waals surface area contributed by atoms with E-state index in [1.807, 2.05) is 0 Å². The molecule has 0 aliphatic heterocycles. The normalized spacial score (nSPS) is 14.7. The first-order chi connectivity index (χ1) is 9.98. The molecular weight excluding hydrogens is 258 g/mol. The zero-order chi connectivity index (χ0) is 16.3. The van der Waals surface area contributed by atoms with Crippen LogP contribution >= 0.6 is 0 Å². The van der Waals surface area contributed by atoms with Gasteiger partial charge < -0.3 is 4.90 Å². The molecule has 0 bridgehead atoms. The summed E-state index contributed by atoms with van der Waals surface area (Å²) in [7, 11) is 0. The van der Waals surface area contributed by atoms with Crippen LogP contribution in [-0.4, -0.2) is 36.1 Å². The standard InChI is InChI=1S/C18H37N3/c1-7-17(8-2)21(14-16(5)6)13-11-12-18(9-3,15-19)20-10-4/h16-17,20H,7-14H2,1-6H3. The minimum absolute atomic E-state index is 0.327. The van der Waals surface area contributed by atoms with Crippen molar-refractivity contribution in [3.8, 4) is 6.07 Å². The van der Waals surface area contributed by atoms with E-state index in [2.05, 4.69) is 57.8 Å². The van der Waals surface area contributed by atoms with Gasteiger partial charge >= 0.3 is 0 Å². The van der Waals surface area contributed by atoms with Gasteiger partial charge in [-0.2, -0.15) is 5.26 Å². The van der Waals surface area contributed by atoms with Gasteiger partial charge in [-0.15, -0.1) is 0 Å². The van der Waals surface area contributed by atoms with E-state index < -0.39 is 0 Å². The molecule has 21 heavy (non-hydrogen) atoms. The molecule has 3 heteroatoms. The molecule has 1 N–H and O–H groups in total. The Labute approximate surface area is 133 Å². The lowest BCUT2D eigenvalue weighted by Gasteiger charge is -2.33. The second-order valence-electron chi connectivity index (χ2n) is 6.54. The highest BCUT2D eigenvalue weighted by Gasteiger charge is 2.26. The summed E-state index contributed by atoms with van der Waals surface area (Å²) >= 11 is 0. The molecule has 0 fully saturated rings. The van der Waals surface area contributed by atoms with Crippen LogP contribution in [0, 0.1) is 17.2 Å². The van der Waals surface area contributed by atoms with Gasteiger partial charge in [-0.3, -0.25) is 5.32 Å². The number of hydrogen-bond donors (Lipinski definition) is 1. The van der Waals surface area contributed by atoms with Crippen LogP contribution in [0.3, 0.4) is 0 Å². The van der Waals surface area contributed by atoms with E-state index in [-0.39, 0.29) is 5.54 Å². The molecular formula is C18H37N3. The number of hydrogen-bond acceptors (Lipinski definition) is 3. The summed E-state index contributed by atoms with van der Waals surface area (Å²) in [5, 5.41) is 12.9. The van der Waals surface area contributed by atoms with Crippen molar-refractivity contribution in [3.63, 3.8) is 0 Å². The summed E-state index contributed by atoms with van der Waals surface area (Å²) in [6.45, 7) is 16.5. The number of nitrogens with zero attached hydrogens (tertiary/aromatic N) is 2. The molecule has 0 amide bonds. The van der Waals surface area contributed by atoms with Crippen LogP contribution in [0.2, 0.25) is 0 Å². The smallest absolute Gasteiger partial charge is 0.106 e. The number of rotatable bonds is 12. The Morgan fingerprint density at radius 3 is 2.14 bits per heavy atom. The molecule has 0 spiro atoms. The predicted molar refractivity (Wildman–Crippen MR) is 92.3 cm³/mol. The van der Waals surface area contributed by atoms with E-state index in [0.29, 0.717) is 12.0 Å². The van der Waals surface area contributed by atoms with Crippen LogP contribution in [0.15, 0.2) is 0 Å². The minimum atomic E-state index is -0.327. The van der Waals surface area contributed by atoms with Gasteiger partial charge in [0.25, 0.3) is 0 Å². The maximum atomic E-state index is 9.49. The molecule has 124 valence electrons. The lowest BCUT2D eigenvalue weighted by molar-refractivity contribution is 0.158. The largest absolute Gasteiger partial charge is 0.300 e. The monoisotopic (exact) mass is 295 g/mol. The van der Waals surface area contributed by atoms with E-state index in [1.165, 1.54) is 19.4 Å². The highest BCUT2D eigenvalue weighted by molar-refractivity contribution is 5.06. The van der Waals surface area contributed by atoms with E-state index >= 15 is 0 Å². The molecule has 0 aromatic rings. The Kier molecular flexibility index (Phi) is 10.7. The molecule has 0 aromatic heterocycles. The van der Waals surface area contributed by atoms with Gasteiger partial charge in [0.05, 0.1) is 6.07 Å². The van der Waals surface area contributed by atoms with Crippen molar-refractivity contribution in [2.75, 3.05) is 19.6 Å². The average Bonchev–Trinajstić information content (AvgIpc) is 2.46. The van der Waals surface area contributed by atoms with Crippen molar-refractivity contribution in [1.82, 2.24) is 10.2 Å². The lowest BCUT2D eigenvalue weighted by Crippen LogP contribution is -2.44. The Hall–Kier alpha value is -0.590. The van der Waals surface area contributed by atoms with Crippen LogP contribution in [-0.2, 0) is 0 Å². The lowest BCUT2D eigenvalue weighted by atomic mass is 9.91. The fraction of sp³-hybridized carbons (Fsp3) is 0.944. The van der Waals surface area contributed by atoms with Gasteiger partial charge in [-0.05, 0) is 51.1 Å². The summed E-state index contributed by atoms with van der Waals surface area (Å²) in [5.41, 5.74) is -0.327. The van der Waals surface area contributed by atoms with Crippen molar-refractivity contribution in [2.45, 2.75) is 85.2 Å². The molecule has 1 atom stereocenters. The van der Waals surface area contributed by atoms with Gasteiger partial charge in [0, 0.05) is 12.6 Å². The topological polar surface area (TPSA) is 39.1 Å². The zero-order valence-electron chi connectivity index (χ0n) is 15.2. The van der Waals surface area contributed by atoms with E-state index in [4.69, 9.17) is 0 Å². The Morgan fingerprint density at radius 2 is 1.76 bits per heavy atom. The minimum Gasteiger partial charge on any atom is -0.300 e. The third-order valence-electron chi connectivity index (χ3n) is 4.44. The molecule has 0 aromatic carbocycles. The van der Waals surface area contributed by atoms with Crippen LogP contribution < -0.4 is 5.32 Å². The quantitative estimate of drug-likeness (QED) is 0.586. The van der Waals surface area contributed by atoms with Gasteiger partial charge in [-0.1, -0.05) is 41.5 Å². The molecule has 0 radical (unpaired) electrons. The summed E-state index contributed by atoms with van der Waals surface area (Å²) < 4.78 is 0. The Morgan fingerprint density at radius 1 is 1.14 bits per heavy atom. The highest BCUT2D eigenvalue weighted by atomic mass is 15.2. The number of nitrogens with one attached hydrogen (secondary N) is 1. The molecule has 0 heterocycles. The van der Waals surface area contributed by atoms with E-state index in [0.717, 1.165) is 32.4 Å². The first-order valence-electron chi connectivity index (χ1n) is 8.88. The summed E-state index contributed by atoms with van der Waals surface area (Å²) in [6, 6.07) is 3.19. The van der Waals surface area contributed by atoms with Crippen LogP contribution in [0.1, 0.15) is 73.6 Å². The highest BCUT2D eigenvalue weighted by Crippen LogP contribution is 2.19.